The first-order valence-electron chi connectivity index (χ1n) is 8.43. The molecule has 0 N–H and O–H groups in total. The monoisotopic (exact) mass is 409 g/mol. The topological polar surface area (TPSA) is 72.9 Å². The Morgan fingerprint density at radius 3 is 2.67 bits per heavy atom. The molecule has 1 heterocycles. The van der Waals surface area contributed by atoms with E-state index in [-0.39, 0.29) is 19.1 Å². The highest BCUT2D eigenvalue weighted by Gasteiger charge is 2.30. The molecule has 1 atom stereocenters. The lowest BCUT2D eigenvalue weighted by Gasteiger charge is -2.33. The van der Waals surface area contributed by atoms with E-state index in [2.05, 4.69) is 0 Å². The van der Waals surface area contributed by atoms with Gasteiger partial charge in [0.1, 0.15) is 6.61 Å². The van der Waals surface area contributed by atoms with Crippen molar-refractivity contribution < 1.29 is 22.1 Å². The van der Waals surface area contributed by atoms with Crippen molar-refractivity contribution in [2.45, 2.75) is 13.0 Å². The summed E-state index contributed by atoms with van der Waals surface area (Å²) in [6, 6.07) is 14.7. The van der Waals surface area contributed by atoms with E-state index in [0.717, 1.165) is 17.4 Å². The molecule has 144 valence electrons. The van der Waals surface area contributed by atoms with Crippen LogP contribution in [0.1, 0.15) is 11.1 Å². The summed E-state index contributed by atoms with van der Waals surface area (Å²) in [6.45, 7) is 0.453. The van der Waals surface area contributed by atoms with E-state index in [4.69, 9.17) is 20.5 Å². The Morgan fingerprint density at radius 2 is 1.96 bits per heavy atom. The van der Waals surface area contributed by atoms with Crippen molar-refractivity contribution in [1.82, 2.24) is 0 Å². The molecule has 0 spiro atoms. The van der Waals surface area contributed by atoms with Crippen LogP contribution in [0.25, 0.3) is 0 Å². The number of anilines is 1. The van der Waals surface area contributed by atoms with Gasteiger partial charge in [-0.25, -0.2) is 4.79 Å². The standard InChI is InChI=1S/C19H20ClNO5S/c1-27(23,24)26-13-15-9-16-10-17(20)7-8-18(16)21(11-15)19(22)25-12-14-5-3-2-4-6-14/h2-8,10,15H,9,11-13H2,1H3/t15-/m1/s1. The summed E-state index contributed by atoms with van der Waals surface area (Å²) in [4.78, 5) is 14.2. The van der Waals surface area contributed by atoms with Crippen molar-refractivity contribution in [3.05, 3.63) is 64.7 Å². The van der Waals surface area contributed by atoms with Crippen molar-refractivity contribution in [3.8, 4) is 0 Å². The number of rotatable bonds is 5. The van der Waals surface area contributed by atoms with E-state index in [1.54, 1.807) is 18.2 Å². The van der Waals surface area contributed by atoms with E-state index in [9.17, 15) is 13.2 Å². The molecule has 1 aliphatic rings. The fourth-order valence-electron chi connectivity index (χ4n) is 3.01. The van der Waals surface area contributed by atoms with E-state index < -0.39 is 16.2 Å². The summed E-state index contributed by atoms with van der Waals surface area (Å²) in [5.41, 5.74) is 2.46. The minimum absolute atomic E-state index is 0.00669. The van der Waals surface area contributed by atoms with Gasteiger partial charge >= 0.3 is 6.09 Å². The van der Waals surface area contributed by atoms with Crippen LogP contribution in [0.2, 0.25) is 5.02 Å². The maximum absolute atomic E-state index is 12.7. The molecule has 2 aromatic rings. The number of amides is 1. The second kappa shape index (κ2) is 8.29. The van der Waals surface area contributed by atoms with Crippen LogP contribution in [0, 0.1) is 5.92 Å². The normalized spacial score (nSPS) is 16.7. The van der Waals surface area contributed by atoms with Gasteiger partial charge in [0.15, 0.2) is 0 Å². The molecule has 6 nitrogen and oxygen atoms in total. The number of hydrogen-bond donors (Lipinski definition) is 0. The molecule has 0 radical (unpaired) electrons. The van der Waals surface area contributed by atoms with Gasteiger partial charge in [-0.1, -0.05) is 41.9 Å². The maximum atomic E-state index is 12.7. The third kappa shape index (κ3) is 5.45. The molecule has 2 aromatic carbocycles. The number of halogens is 1. The molecule has 1 aliphatic heterocycles. The zero-order chi connectivity index (χ0) is 19.4. The minimum Gasteiger partial charge on any atom is -0.444 e. The van der Waals surface area contributed by atoms with Crippen molar-refractivity contribution in [3.63, 3.8) is 0 Å². The second-order valence-corrected chi connectivity index (χ2v) is 8.56. The van der Waals surface area contributed by atoms with Gasteiger partial charge in [0.25, 0.3) is 10.1 Å². The average molecular weight is 410 g/mol. The minimum atomic E-state index is -3.55. The predicted molar refractivity (Wildman–Crippen MR) is 103 cm³/mol. The number of carbonyl (C=O) groups excluding carboxylic acids is 1. The van der Waals surface area contributed by atoms with Gasteiger partial charge in [0, 0.05) is 17.5 Å². The van der Waals surface area contributed by atoms with E-state index >= 15 is 0 Å². The lowest BCUT2D eigenvalue weighted by atomic mass is 9.93. The average Bonchev–Trinajstić information content (AvgIpc) is 2.63. The highest BCUT2D eigenvalue weighted by Crippen LogP contribution is 2.32. The summed E-state index contributed by atoms with van der Waals surface area (Å²) in [5, 5.41) is 0.552. The van der Waals surface area contributed by atoms with Crippen LogP contribution in [-0.2, 0) is 32.1 Å². The number of carbonyl (C=O) groups is 1. The molecular formula is C19H20ClNO5S. The largest absolute Gasteiger partial charge is 0.444 e. The predicted octanol–water partition coefficient (Wildman–Crippen LogP) is 3.63. The van der Waals surface area contributed by atoms with Crippen LogP contribution < -0.4 is 4.90 Å². The highest BCUT2D eigenvalue weighted by molar-refractivity contribution is 7.85. The van der Waals surface area contributed by atoms with Crippen LogP contribution in [-0.4, -0.2) is 33.9 Å². The molecule has 0 unspecified atom stereocenters. The van der Waals surface area contributed by atoms with E-state index in [0.29, 0.717) is 23.7 Å². The Balaban J connectivity index is 1.76. The summed E-state index contributed by atoms with van der Waals surface area (Å²) >= 11 is 6.08. The van der Waals surface area contributed by atoms with Crippen LogP contribution in [0.3, 0.4) is 0 Å². The first kappa shape index (κ1) is 19.7. The Kier molecular flexibility index (Phi) is 6.04. The van der Waals surface area contributed by atoms with Gasteiger partial charge in [-0.3, -0.25) is 9.08 Å². The van der Waals surface area contributed by atoms with Gasteiger partial charge in [0.2, 0.25) is 0 Å². The fourth-order valence-corrected chi connectivity index (χ4v) is 3.65. The molecule has 0 aliphatic carbocycles. The first-order valence-corrected chi connectivity index (χ1v) is 10.6. The number of hydrogen-bond acceptors (Lipinski definition) is 5. The van der Waals surface area contributed by atoms with E-state index in [1.165, 1.54) is 4.90 Å². The summed E-state index contributed by atoms with van der Waals surface area (Å²) < 4.78 is 33.0. The zero-order valence-electron chi connectivity index (χ0n) is 14.8. The number of ether oxygens (including phenoxy) is 1. The van der Waals surface area contributed by atoms with Crippen molar-refractivity contribution in [2.24, 2.45) is 5.92 Å². The van der Waals surface area contributed by atoms with Crippen LogP contribution in [0.15, 0.2) is 48.5 Å². The van der Waals surface area contributed by atoms with Crippen LogP contribution >= 0.6 is 11.6 Å². The molecule has 8 heteroatoms. The molecule has 0 saturated heterocycles. The molecule has 0 aromatic heterocycles. The van der Waals surface area contributed by atoms with Gasteiger partial charge < -0.3 is 4.74 Å². The number of benzene rings is 2. The Hall–Kier alpha value is -2.09. The SMILES string of the molecule is CS(=O)(=O)OC[C@@H]1Cc2cc(Cl)ccc2N(C(=O)OCc2ccccc2)C1. The molecule has 0 fully saturated rings. The lowest BCUT2D eigenvalue weighted by Crippen LogP contribution is -2.42. The van der Waals surface area contributed by atoms with Crippen molar-refractivity contribution in [2.75, 3.05) is 24.3 Å². The van der Waals surface area contributed by atoms with Crippen molar-refractivity contribution >= 4 is 33.5 Å². The Labute approximate surface area is 163 Å². The summed E-state index contributed by atoms with van der Waals surface area (Å²) in [5.74, 6) is -0.185. The molecule has 0 bridgehead atoms. The van der Waals surface area contributed by atoms with Crippen molar-refractivity contribution in [1.29, 1.82) is 0 Å². The van der Waals surface area contributed by atoms with Gasteiger partial charge in [-0.05, 0) is 35.7 Å². The maximum Gasteiger partial charge on any atom is 0.414 e. The van der Waals surface area contributed by atoms with Gasteiger partial charge in [0.05, 0.1) is 18.6 Å². The van der Waals surface area contributed by atoms with E-state index in [1.807, 2.05) is 30.3 Å². The second-order valence-electron chi connectivity index (χ2n) is 6.48. The Bertz CT molecular complexity index is 917. The van der Waals surface area contributed by atoms with Crippen LogP contribution in [0.5, 0.6) is 0 Å². The molecule has 27 heavy (non-hydrogen) atoms. The van der Waals surface area contributed by atoms with Gasteiger partial charge in [-0.15, -0.1) is 0 Å². The third-order valence-electron chi connectivity index (χ3n) is 4.23. The third-order valence-corrected chi connectivity index (χ3v) is 5.02. The highest BCUT2D eigenvalue weighted by atomic mass is 35.5. The first-order chi connectivity index (χ1) is 12.8. The lowest BCUT2D eigenvalue weighted by molar-refractivity contribution is 0.143. The quantitative estimate of drug-likeness (QED) is 0.705. The fraction of sp³-hybridized carbons (Fsp3) is 0.316. The molecule has 1 amide bonds. The summed E-state index contributed by atoms with van der Waals surface area (Å²) in [7, 11) is -3.55. The van der Waals surface area contributed by atoms with Crippen LogP contribution in [0.4, 0.5) is 10.5 Å². The molecule has 0 saturated carbocycles. The smallest absolute Gasteiger partial charge is 0.414 e. The Morgan fingerprint density at radius 1 is 1.22 bits per heavy atom. The number of nitrogens with zero attached hydrogens (tertiary/aromatic N) is 1. The van der Waals surface area contributed by atoms with Gasteiger partial charge in [-0.2, -0.15) is 8.42 Å². The summed E-state index contributed by atoms with van der Waals surface area (Å²) in [6.07, 6.45) is 1.08. The molecule has 3 rings (SSSR count). The molecular weight excluding hydrogens is 390 g/mol. The number of fused-ring (bicyclic) bond motifs is 1. The zero-order valence-corrected chi connectivity index (χ0v) is 16.4.